The van der Waals surface area contributed by atoms with Crippen molar-refractivity contribution in [2.75, 3.05) is 6.54 Å². The van der Waals surface area contributed by atoms with Crippen LogP contribution in [0.2, 0.25) is 0 Å². The molecule has 0 atom stereocenters. The predicted molar refractivity (Wildman–Crippen MR) is 41.4 cm³/mol. The number of hydrogen-bond donors (Lipinski definition) is 1. The van der Waals surface area contributed by atoms with Crippen LogP contribution in [0.25, 0.3) is 0 Å². The molecule has 2 heteroatoms. The third-order valence-corrected chi connectivity index (χ3v) is 0.803. The van der Waals surface area contributed by atoms with Crippen molar-refractivity contribution in [3.05, 3.63) is 22.9 Å². The van der Waals surface area contributed by atoms with Gasteiger partial charge in [-0.2, -0.15) is 0 Å². The summed E-state index contributed by atoms with van der Waals surface area (Å²) >= 11 is 2.15. The van der Waals surface area contributed by atoms with Gasteiger partial charge in [0.1, 0.15) is 0 Å². The monoisotopic (exact) mass is 209 g/mol. The minimum atomic E-state index is 0.847. The van der Waals surface area contributed by atoms with Gasteiger partial charge in [0, 0.05) is 12.7 Å². The second-order valence-electron chi connectivity index (χ2n) is 0.990. The topological polar surface area (TPSA) is 12.0 Å². The molecule has 0 aliphatic rings. The van der Waals surface area contributed by atoms with Crippen molar-refractivity contribution in [2.24, 2.45) is 0 Å². The fraction of sp³-hybridized carbons (Fsp3) is 0.200. The van der Waals surface area contributed by atoms with E-state index < -0.39 is 0 Å². The summed E-state index contributed by atoms with van der Waals surface area (Å²) in [4.78, 5) is 0. The molecule has 0 saturated heterocycles. The lowest BCUT2D eigenvalue weighted by atomic mass is 10.6. The van der Waals surface area contributed by atoms with Crippen molar-refractivity contribution in [1.82, 2.24) is 5.32 Å². The Hall–Kier alpha value is 0.01000. The molecule has 0 aromatic rings. The first-order chi connectivity index (χ1) is 3.41. The van der Waals surface area contributed by atoms with E-state index in [0.717, 1.165) is 6.54 Å². The molecular formula is C5H8IN. The van der Waals surface area contributed by atoms with Crippen LogP contribution in [0.5, 0.6) is 0 Å². The lowest BCUT2D eigenvalue weighted by Gasteiger charge is -1.87. The highest BCUT2D eigenvalue weighted by Gasteiger charge is 1.63. The smallest absolute Gasteiger partial charge is 0.0322 e. The van der Waals surface area contributed by atoms with Gasteiger partial charge in [-0.05, 0) is 4.08 Å². The van der Waals surface area contributed by atoms with E-state index in [1.54, 1.807) is 0 Å². The first-order valence-corrected chi connectivity index (χ1v) is 3.26. The lowest BCUT2D eigenvalue weighted by Crippen LogP contribution is -2.01. The number of rotatable bonds is 3. The average molecular weight is 209 g/mol. The minimum Gasteiger partial charge on any atom is -0.387 e. The minimum absolute atomic E-state index is 0.847. The van der Waals surface area contributed by atoms with Gasteiger partial charge >= 0.3 is 0 Å². The van der Waals surface area contributed by atoms with Gasteiger partial charge < -0.3 is 5.32 Å². The molecular weight excluding hydrogens is 201 g/mol. The quantitative estimate of drug-likeness (QED) is 0.423. The Morgan fingerprint density at radius 1 is 1.71 bits per heavy atom. The molecule has 0 heterocycles. The van der Waals surface area contributed by atoms with Crippen LogP contribution in [-0.2, 0) is 0 Å². The predicted octanol–water partition coefficient (Wildman–Crippen LogP) is 1.67. The molecule has 1 N–H and O–H groups in total. The Kier molecular flexibility index (Phi) is 6.02. The molecule has 1 nitrogen and oxygen atoms in total. The molecule has 0 aromatic heterocycles. The zero-order valence-corrected chi connectivity index (χ0v) is 6.18. The van der Waals surface area contributed by atoms with Crippen LogP contribution in [0.1, 0.15) is 0 Å². The van der Waals surface area contributed by atoms with Crippen LogP contribution in [-0.4, -0.2) is 6.54 Å². The third kappa shape index (κ3) is 6.01. The van der Waals surface area contributed by atoms with Crippen LogP contribution in [0.4, 0.5) is 0 Å². The van der Waals surface area contributed by atoms with Gasteiger partial charge in [0.05, 0.1) is 0 Å². The van der Waals surface area contributed by atoms with E-state index in [1.807, 2.05) is 16.4 Å². The highest BCUT2D eigenvalue weighted by molar-refractivity contribution is 14.1. The average Bonchev–Trinajstić information content (AvgIpc) is 1.69. The first kappa shape index (κ1) is 7.01. The highest BCUT2D eigenvalue weighted by atomic mass is 127. The van der Waals surface area contributed by atoms with E-state index in [-0.39, 0.29) is 0 Å². The molecule has 0 spiro atoms. The summed E-state index contributed by atoms with van der Waals surface area (Å²) in [6, 6.07) is 0. The zero-order valence-electron chi connectivity index (χ0n) is 4.02. The third-order valence-electron chi connectivity index (χ3n) is 0.443. The van der Waals surface area contributed by atoms with E-state index in [9.17, 15) is 0 Å². The normalized spacial score (nSPS) is 9.29. The van der Waals surface area contributed by atoms with E-state index >= 15 is 0 Å². The molecule has 0 amide bonds. The first-order valence-electron chi connectivity index (χ1n) is 2.01. The summed E-state index contributed by atoms with van der Waals surface area (Å²) in [7, 11) is 0. The lowest BCUT2D eigenvalue weighted by molar-refractivity contribution is 0.991. The van der Waals surface area contributed by atoms with Gasteiger partial charge in [0.2, 0.25) is 0 Å². The van der Waals surface area contributed by atoms with Crippen molar-refractivity contribution in [3.8, 4) is 0 Å². The van der Waals surface area contributed by atoms with E-state index in [1.165, 1.54) is 0 Å². The Bertz CT molecular complexity index is 68.5. The summed E-state index contributed by atoms with van der Waals surface area (Å²) in [6.45, 7) is 4.38. The van der Waals surface area contributed by atoms with Crippen molar-refractivity contribution >= 4 is 22.6 Å². The second kappa shape index (κ2) is 6.01. The van der Waals surface area contributed by atoms with Crippen LogP contribution in [0, 0.1) is 0 Å². The van der Waals surface area contributed by atoms with E-state index in [4.69, 9.17) is 0 Å². The van der Waals surface area contributed by atoms with Crippen LogP contribution >= 0.6 is 22.6 Å². The zero-order chi connectivity index (χ0) is 5.54. The molecule has 0 aliphatic carbocycles. The maximum atomic E-state index is 3.53. The maximum absolute atomic E-state index is 3.53. The van der Waals surface area contributed by atoms with Gasteiger partial charge in [-0.3, -0.25) is 0 Å². The van der Waals surface area contributed by atoms with Gasteiger partial charge in [-0.25, -0.2) is 0 Å². The number of nitrogens with one attached hydrogen (secondary N) is 1. The number of halogens is 1. The SMILES string of the molecule is C=CCN/C=C/I. The Labute approximate surface area is 57.6 Å². The van der Waals surface area contributed by atoms with Crippen molar-refractivity contribution < 1.29 is 0 Å². The largest absolute Gasteiger partial charge is 0.387 e. The summed E-state index contributed by atoms with van der Waals surface area (Å²) in [5.74, 6) is 0. The Balaban J connectivity index is 2.82. The van der Waals surface area contributed by atoms with E-state index in [0.29, 0.717) is 0 Å². The van der Waals surface area contributed by atoms with Crippen molar-refractivity contribution in [2.45, 2.75) is 0 Å². The van der Waals surface area contributed by atoms with Gasteiger partial charge in [-0.1, -0.05) is 28.7 Å². The molecule has 0 bridgehead atoms. The standard InChI is InChI=1S/C5H8IN/c1-2-4-7-5-3-6/h2-3,5,7H,1,4H2/b5-3+. The van der Waals surface area contributed by atoms with Gasteiger partial charge in [-0.15, -0.1) is 6.58 Å². The molecule has 0 rings (SSSR count). The van der Waals surface area contributed by atoms with Crippen molar-refractivity contribution in [1.29, 1.82) is 0 Å². The van der Waals surface area contributed by atoms with Crippen LogP contribution < -0.4 is 5.32 Å². The summed E-state index contributed by atoms with van der Waals surface area (Å²) < 4.78 is 1.92. The maximum Gasteiger partial charge on any atom is 0.0322 e. The van der Waals surface area contributed by atoms with Gasteiger partial charge in [0.15, 0.2) is 0 Å². The molecule has 40 valence electrons. The summed E-state index contributed by atoms with van der Waals surface area (Å²) in [6.07, 6.45) is 3.69. The summed E-state index contributed by atoms with van der Waals surface area (Å²) in [5.41, 5.74) is 0. The molecule has 0 saturated carbocycles. The molecule has 0 aliphatic heterocycles. The molecule has 0 radical (unpaired) electrons. The summed E-state index contributed by atoms with van der Waals surface area (Å²) in [5, 5.41) is 2.98. The van der Waals surface area contributed by atoms with Gasteiger partial charge in [0.25, 0.3) is 0 Å². The second-order valence-corrected chi connectivity index (χ2v) is 1.71. The Morgan fingerprint density at radius 2 is 2.43 bits per heavy atom. The van der Waals surface area contributed by atoms with E-state index in [2.05, 4.69) is 34.5 Å². The fourth-order valence-electron chi connectivity index (χ4n) is 0.196. The molecule has 0 unspecified atom stereocenters. The van der Waals surface area contributed by atoms with Crippen LogP contribution in [0.15, 0.2) is 22.9 Å². The van der Waals surface area contributed by atoms with Crippen LogP contribution in [0.3, 0.4) is 0 Å². The molecule has 7 heavy (non-hydrogen) atoms. The highest BCUT2D eigenvalue weighted by Crippen LogP contribution is 1.78. The van der Waals surface area contributed by atoms with Crippen molar-refractivity contribution in [3.63, 3.8) is 0 Å². The molecule has 0 aromatic carbocycles. The molecule has 0 fully saturated rings. The number of hydrogen-bond acceptors (Lipinski definition) is 1. The Morgan fingerprint density at radius 3 is 2.86 bits per heavy atom. The fourth-order valence-corrected chi connectivity index (χ4v) is 0.450.